The summed E-state index contributed by atoms with van der Waals surface area (Å²) in [5, 5.41) is 0.189. The topological polar surface area (TPSA) is 63.4 Å². The number of benzene rings is 1. The van der Waals surface area contributed by atoms with Gasteiger partial charge in [-0.2, -0.15) is 4.31 Å². The standard InChI is InChI=1S/C15H21ClN2O2S/c1-3-5-11-18(4-2)21(19,20)15-9-8-13(7-6-10-17)12-14(15)16/h8-9,12H,3-5,10-11,17H2,1-2H3. The lowest BCUT2D eigenvalue weighted by Crippen LogP contribution is -2.32. The lowest BCUT2D eigenvalue weighted by Gasteiger charge is -2.20. The molecular weight excluding hydrogens is 308 g/mol. The number of rotatable bonds is 6. The van der Waals surface area contributed by atoms with Crippen LogP contribution in [0.15, 0.2) is 23.1 Å². The molecule has 0 atom stereocenters. The molecule has 116 valence electrons. The van der Waals surface area contributed by atoms with Gasteiger partial charge in [-0.15, -0.1) is 0 Å². The molecule has 0 aliphatic rings. The Hall–Kier alpha value is -1.06. The molecule has 0 radical (unpaired) electrons. The molecule has 0 fully saturated rings. The van der Waals surface area contributed by atoms with Crippen LogP contribution < -0.4 is 5.73 Å². The van der Waals surface area contributed by atoms with Crippen molar-refractivity contribution < 1.29 is 8.42 Å². The third-order valence-electron chi connectivity index (χ3n) is 3.00. The molecule has 2 N–H and O–H groups in total. The van der Waals surface area contributed by atoms with Gasteiger partial charge in [-0.25, -0.2) is 8.42 Å². The first-order chi connectivity index (χ1) is 9.97. The molecule has 0 unspecified atom stereocenters. The molecule has 21 heavy (non-hydrogen) atoms. The van der Waals surface area contributed by atoms with Gasteiger partial charge in [0.25, 0.3) is 0 Å². The predicted octanol–water partition coefficient (Wildman–Crippen LogP) is 2.46. The molecule has 1 rings (SSSR count). The minimum Gasteiger partial charge on any atom is -0.320 e. The molecule has 0 spiro atoms. The van der Waals surface area contributed by atoms with Crippen LogP contribution in [0, 0.1) is 11.8 Å². The van der Waals surface area contributed by atoms with Crippen LogP contribution >= 0.6 is 11.6 Å². The molecule has 6 heteroatoms. The van der Waals surface area contributed by atoms with Crippen molar-refractivity contribution in [2.45, 2.75) is 31.6 Å². The van der Waals surface area contributed by atoms with Crippen LogP contribution in [0.25, 0.3) is 0 Å². The SMILES string of the molecule is CCCCN(CC)S(=O)(=O)c1ccc(C#CCN)cc1Cl. The Kier molecular flexibility index (Phi) is 7.20. The van der Waals surface area contributed by atoms with Gasteiger partial charge in [0.15, 0.2) is 0 Å². The number of nitrogens with two attached hydrogens (primary N) is 1. The molecule has 0 bridgehead atoms. The Morgan fingerprint density at radius 1 is 1.33 bits per heavy atom. The summed E-state index contributed by atoms with van der Waals surface area (Å²) in [7, 11) is -3.56. The summed E-state index contributed by atoms with van der Waals surface area (Å²) in [5.41, 5.74) is 5.96. The number of hydrogen-bond acceptors (Lipinski definition) is 3. The van der Waals surface area contributed by atoms with Gasteiger partial charge in [-0.1, -0.05) is 43.7 Å². The number of nitrogens with zero attached hydrogens (tertiary/aromatic N) is 1. The largest absolute Gasteiger partial charge is 0.320 e. The molecule has 0 aromatic heterocycles. The van der Waals surface area contributed by atoms with Gasteiger partial charge < -0.3 is 5.73 Å². The zero-order valence-corrected chi connectivity index (χ0v) is 14.0. The van der Waals surface area contributed by atoms with E-state index in [-0.39, 0.29) is 16.5 Å². The molecule has 0 aliphatic heterocycles. The third kappa shape index (κ3) is 4.72. The Bertz CT molecular complexity index is 633. The summed E-state index contributed by atoms with van der Waals surface area (Å²) in [5.74, 6) is 5.54. The number of unbranched alkanes of at least 4 members (excludes halogenated alkanes) is 1. The first-order valence-corrected chi connectivity index (χ1v) is 8.77. The van der Waals surface area contributed by atoms with E-state index in [0.717, 1.165) is 12.8 Å². The highest BCUT2D eigenvalue weighted by Crippen LogP contribution is 2.25. The van der Waals surface area contributed by atoms with E-state index in [0.29, 0.717) is 18.7 Å². The fourth-order valence-electron chi connectivity index (χ4n) is 1.86. The summed E-state index contributed by atoms with van der Waals surface area (Å²) in [6.45, 7) is 5.02. The average molecular weight is 329 g/mol. The van der Waals surface area contributed by atoms with Crippen LogP contribution in [0.5, 0.6) is 0 Å². The van der Waals surface area contributed by atoms with Gasteiger partial charge in [0.1, 0.15) is 4.90 Å². The Morgan fingerprint density at radius 2 is 2.05 bits per heavy atom. The molecule has 0 saturated heterocycles. The van der Waals surface area contributed by atoms with Crippen LogP contribution in [0.2, 0.25) is 5.02 Å². The number of hydrogen-bond donors (Lipinski definition) is 1. The van der Waals surface area contributed by atoms with Gasteiger partial charge in [-0.05, 0) is 24.6 Å². The summed E-state index contributed by atoms with van der Waals surface area (Å²) in [6.07, 6.45) is 1.76. The second-order valence-corrected chi connectivity index (χ2v) is 6.81. The smallest absolute Gasteiger partial charge is 0.244 e. The maximum atomic E-state index is 12.6. The Morgan fingerprint density at radius 3 is 2.57 bits per heavy atom. The van der Waals surface area contributed by atoms with Crippen LogP contribution in [0.3, 0.4) is 0 Å². The zero-order valence-electron chi connectivity index (χ0n) is 12.4. The van der Waals surface area contributed by atoms with Crippen LogP contribution in [-0.4, -0.2) is 32.4 Å². The number of sulfonamides is 1. The highest BCUT2D eigenvalue weighted by molar-refractivity contribution is 7.89. The Balaban J connectivity index is 3.13. The molecule has 0 aliphatic carbocycles. The van der Waals surface area contributed by atoms with Gasteiger partial charge >= 0.3 is 0 Å². The highest BCUT2D eigenvalue weighted by Gasteiger charge is 2.25. The molecule has 0 amide bonds. The van der Waals surface area contributed by atoms with E-state index in [9.17, 15) is 8.42 Å². The average Bonchev–Trinajstić information content (AvgIpc) is 2.45. The molecule has 1 aromatic carbocycles. The summed E-state index contributed by atoms with van der Waals surface area (Å²) in [4.78, 5) is 0.125. The maximum Gasteiger partial charge on any atom is 0.244 e. The maximum absolute atomic E-state index is 12.6. The van der Waals surface area contributed by atoms with Crippen molar-refractivity contribution in [3.63, 3.8) is 0 Å². The monoisotopic (exact) mass is 328 g/mol. The van der Waals surface area contributed by atoms with Crippen molar-refractivity contribution >= 4 is 21.6 Å². The molecular formula is C15H21ClN2O2S. The van der Waals surface area contributed by atoms with Gasteiger partial charge in [-0.3, -0.25) is 0 Å². The van der Waals surface area contributed by atoms with Gasteiger partial charge in [0, 0.05) is 18.7 Å². The third-order valence-corrected chi connectivity index (χ3v) is 5.46. The van der Waals surface area contributed by atoms with Crippen molar-refractivity contribution in [2.75, 3.05) is 19.6 Å². The highest BCUT2D eigenvalue weighted by atomic mass is 35.5. The molecule has 1 aromatic rings. The van der Waals surface area contributed by atoms with E-state index in [1.807, 2.05) is 13.8 Å². The van der Waals surface area contributed by atoms with Gasteiger partial charge in [0.05, 0.1) is 11.6 Å². The summed E-state index contributed by atoms with van der Waals surface area (Å²) < 4.78 is 26.6. The van der Waals surface area contributed by atoms with E-state index < -0.39 is 10.0 Å². The second kappa shape index (κ2) is 8.40. The minimum atomic E-state index is -3.56. The van der Waals surface area contributed by atoms with Gasteiger partial charge in [0.2, 0.25) is 10.0 Å². The normalized spacial score (nSPS) is 11.3. The van der Waals surface area contributed by atoms with Crippen LogP contribution in [0.4, 0.5) is 0 Å². The predicted molar refractivity (Wildman–Crippen MR) is 86.7 cm³/mol. The minimum absolute atomic E-state index is 0.125. The molecule has 0 saturated carbocycles. The lowest BCUT2D eigenvalue weighted by molar-refractivity contribution is 0.419. The molecule has 0 heterocycles. The van der Waals surface area contributed by atoms with Crippen molar-refractivity contribution in [2.24, 2.45) is 5.73 Å². The van der Waals surface area contributed by atoms with Crippen molar-refractivity contribution in [3.05, 3.63) is 28.8 Å². The summed E-state index contributed by atoms with van der Waals surface area (Å²) in [6, 6.07) is 4.71. The fourth-order valence-corrected chi connectivity index (χ4v) is 3.87. The van der Waals surface area contributed by atoms with Crippen molar-refractivity contribution in [1.29, 1.82) is 0 Å². The van der Waals surface area contributed by atoms with Crippen LogP contribution in [0.1, 0.15) is 32.3 Å². The lowest BCUT2D eigenvalue weighted by atomic mass is 10.2. The van der Waals surface area contributed by atoms with E-state index in [1.165, 1.54) is 10.4 Å². The van der Waals surface area contributed by atoms with E-state index >= 15 is 0 Å². The first-order valence-electron chi connectivity index (χ1n) is 6.96. The zero-order chi connectivity index (χ0) is 15.9. The van der Waals surface area contributed by atoms with E-state index in [1.54, 1.807) is 12.1 Å². The first kappa shape index (κ1) is 18.0. The van der Waals surface area contributed by atoms with Crippen molar-refractivity contribution in [3.8, 4) is 11.8 Å². The molecule has 4 nitrogen and oxygen atoms in total. The Labute approximate surface area is 132 Å². The van der Waals surface area contributed by atoms with Crippen LogP contribution in [-0.2, 0) is 10.0 Å². The number of halogens is 1. The quantitative estimate of drug-likeness (QED) is 0.816. The van der Waals surface area contributed by atoms with Crippen molar-refractivity contribution in [1.82, 2.24) is 4.31 Å². The fraction of sp³-hybridized carbons (Fsp3) is 0.467. The van der Waals surface area contributed by atoms with E-state index in [2.05, 4.69) is 11.8 Å². The van der Waals surface area contributed by atoms with E-state index in [4.69, 9.17) is 17.3 Å². The summed E-state index contributed by atoms with van der Waals surface area (Å²) >= 11 is 6.12. The second-order valence-electron chi connectivity index (χ2n) is 4.50.